The van der Waals surface area contributed by atoms with Crippen molar-refractivity contribution in [3.63, 3.8) is 0 Å². The molecule has 2 atom stereocenters. The lowest BCUT2D eigenvalue weighted by Crippen LogP contribution is -2.25. The molecule has 1 rings (SSSR count). The van der Waals surface area contributed by atoms with Crippen molar-refractivity contribution in [3.05, 3.63) is 29.8 Å². The van der Waals surface area contributed by atoms with Crippen LogP contribution < -0.4 is 5.32 Å². The predicted molar refractivity (Wildman–Crippen MR) is 74.8 cm³/mol. The Balaban J connectivity index is 2.57. The van der Waals surface area contributed by atoms with Crippen LogP contribution in [0.4, 0.5) is 5.69 Å². The lowest BCUT2D eigenvalue weighted by molar-refractivity contribution is -0.115. The molecule has 5 nitrogen and oxygen atoms in total. The summed E-state index contributed by atoms with van der Waals surface area (Å²) in [4.78, 5) is 11.9. The SMILES string of the molecule is C[C@@H](SC[C@H](O)CO)C(=O)Nc1ccccc1C#N. The van der Waals surface area contributed by atoms with Gasteiger partial charge in [-0.15, -0.1) is 11.8 Å². The minimum Gasteiger partial charge on any atom is -0.394 e. The first kappa shape index (κ1) is 15.5. The number of nitriles is 1. The Bertz CT molecular complexity index is 473. The van der Waals surface area contributed by atoms with Crippen molar-refractivity contribution in [2.24, 2.45) is 0 Å². The Hall–Kier alpha value is -1.55. The third-order valence-corrected chi connectivity index (χ3v) is 3.72. The zero-order valence-electron chi connectivity index (χ0n) is 10.5. The Morgan fingerprint density at radius 1 is 1.53 bits per heavy atom. The lowest BCUT2D eigenvalue weighted by Gasteiger charge is -2.14. The molecule has 19 heavy (non-hydrogen) atoms. The summed E-state index contributed by atoms with van der Waals surface area (Å²) in [7, 11) is 0. The second kappa shape index (κ2) is 7.79. The van der Waals surface area contributed by atoms with E-state index in [9.17, 15) is 9.90 Å². The molecule has 0 aliphatic heterocycles. The molecule has 102 valence electrons. The van der Waals surface area contributed by atoms with Crippen molar-refractivity contribution in [1.29, 1.82) is 5.26 Å². The Morgan fingerprint density at radius 3 is 2.84 bits per heavy atom. The van der Waals surface area contributed by atoms with Gasteiger partial charge in [0.15, 0.2) is 0 Å². The van der Waals surface area contributed by atoms with Crippen LogP contribution in [0.2, 0.25) is 0 Å². The standard InChI is InChI=1S/C13H16N2O3S/c1-9(19-8-11(17)7-16)13(18)15-12-5-3-2-4-10(12)6-14/h2-5,9,11,16-17H,7-8H2,1H3,(H,15,18)/t9-,11-/m1/s1. The predicted octanol–water partition coefficient (Wildman–Crippen LogP) is 0.972. The molecule has 0 aliphatic carbocycles. The van der Waals surface area contributed by atoms with Crippen LogP contribution in [0.3, 0.4) is 0 Å². The lowest BCUT2D eigenvalue weighted by atomic mass is 10.2. The van der Waals surface area contributed by atoms with Crippen LogP contribution >= 0.6 is 11.8 Å². The summed E-state index contributed by atoms with van der Waals surface area (Å²) in [6.45, 7) is 1.39. The van der Waals surface area contributed by atoms with Crippen LogP contribution in [0.1, 0.15) is 12.5 Å². The first-order chi connectivity index (χ1) is 9.08. The average molecular weight is 280 g/mol. The van der Waals surface area contributed by atoms with E-state index in [0.29, 0.717) is 11.3 Å². The second-order valence-electron chi connectivity index (χ2n) is 3.96. The van der Waals surface area contributed by atoms with E-state index in [1.165, 1.54) is 11.8 Å². The van der Waals surface area contributed by atoms with E-state index in [-0.39, 0.29) is 23.5 Å². The van der Waals surface area contributed by atoms with Crippen molar-refractivity contribution < 1.29 is 15.0 Å². The molecule has 0 fully saturated rings. The summed E-state index contributed by atoms with van der Waals surface area (Å²) in [5.74, 6) is 0.0446. The summed E-state index contributed by atoms with van der Waals surface area (Å²) in [5, 5.41) is 29.1. The number of anilines is 1. The van der Waals surface area contributed by atoms with Crippen LogP contribution in [-0.2, 0) is 4.79 Å². The van der Waals surface area contributed by atoms with Gasteiger partial charge in [-0.1, -0.05) is 12.1 Å². The van der Waals surface area contributed by atoms with Gasteiger partial charge in [-0.25, -0.2) is 0 Å². The Kier molecular flexibility index (Phi) is 6.36. The van der Waals surface area contributed by atoms with Gasteiger partial charge in [0, 0.05) is 5.75 Å². The smallest absolute Gasteiger partial charge is 0.237 e. The van der Waals surface area contributed by atoms with Gasteiger partial charge in [-0.2, -0.15) is 5.26 Å². The number of rotatable bonds is 6. The van der Waals surface area contributed by atoms with Crippen LogP contribution in [0.5, 0.6) is 0 Å². The van der Waals surface area contributed by atoms with E-state index in [0.717, 1.165) is 0 Å². The molecule has 1 amide bonds. The topological polar surface area (TPSA) is 93.3 Å². The van der Waals surface area contributed by atoms with E-state index in [1.807, 2.05) is 6.07 Å². The summed E-state index contributed by atoms with van der Waals surface area (Å²) < 4.78 is 0. The fourth-order valence-electron chi connectivity index (χ4n) is 1.31. The molecule has 0 radical (unpaired) electrons. The number of hydrogen-bond acceptors (Lipinski definition) is 5. The molecule has 0 aliphatic rings. The minimum atomic E-state index is -0.827. The van der Waals surface area contributed by atoms with Gasteiger partial charge in [0.05, 0.1) is 29.2 Å². The third-order valence-electron chi connectivity index (χ3n) is 2.42. The molecule has 0 bridgehead atoms. The van der Waals surface area contributed by atoms with Crippen LogP contribution in [0.25, 0.3) is 0 Å². The van der Waals surface area contributed by atoms with Crippen LogP contribution in [0, 0.1) is 11.3 Å². The highest BCUT2D eigenvalue weighted by atomic mass is 32.2. The number of nitrogens with one attached hydrogen (secondary N) is 1. The van der Waals surface area contributed by atoms with Crippen molar-refractivity contribution in [1.82, 2.24) is 0 Å². The number of carbonyl (C=O) groups is 1. The third kappa shape index (κ3) is 4.91. The monoisotopic (exact) mass is 280 g/mol. The molecule has 6 heteroatoms. The molecule has 0 unspecified atom stereocenters. The number of amides is 1. The summed E-state index contributed by atoms with van der Waals surface area (Å²) in [5.41, 5.74) is 0.883. The van der Waals surface area contributed by atoms with Crippen molar-refractivity contribution in [2.45, 2.75) is 18.3 Å². The van der Waals surface area contributed by atoms with E-state index in [1.54, 1.807) is 31.2 Å². The molecule has 0 spiro atoms. The highest BCUT2D eigenvalue weighted by molar-refractivity contribution is 8.00. The van der Waals surface area contributed by atoms with Crippen molar-refractivity contribution >= 4 is 23.4 Å². The number of hydrogen-bond donors (Lipinski definition) is 3. The maximum absolute atomic E-state index is 11.9. The number of nitrogens with zero attached hydrogens (tertiary/aromatic N) is 1. The largest absolute Gasteiger partial charge is 0.394 e. The van der Waals surface area contributed by atoms with Gasteiger partial charge >= 0.3 is 0 Å². The number of aliphatic hydroxyl groups is 2. The molecule has 1 aromatic carbocycles. The maximum atomic E-state index is 11.9. The van der Waals surface area contributed by atoms with Crippen LogP contribution in [-0.4, -0.2) is 39.8 Å². The first-order valence-electron chi connectivity index (χ1n) is 5.79. The van der Waals surface area contributed by atoms with E-state index in [4.69, 9.17) is 10.4 Å². The molecule has 0 saturated carbocycles. The fraction of sp³-hybridized carbons (Fsp3) is 0.385. The Labute approximate surface area is 116 Å². The quantitative estimate of drug-likeness (QED) is 0.722. The zero-order valence-corrected chi connectivity index (χ0v) is 11.4. The van der Waals surface area contributed by atoms with Gasteiger partial charge in [-0.3, -0.25) is 4.79 Å². The van der Waals surface area contributed by atoms with E-state index in [2.05, 4.69) is 5.32 Å². The zero-order chi connectivity index (χ0) is 14.3. The number of carbonyl (C=O) groups excluding carboxylic acids is 1. The normalized spacial score (nSPS) is 13.4. The Morgan fingerprint density at radius 2 is 2.21 bits per heavy atom. The number of aliphatic hydroxyl groups excluding tert-OH is 2. The van der Waals surface area contributed by atoms with Gasteiger partial charge in [0.25, 0.3) is 0 Å². The molecule has 3 N–H and O–H groups in total. The molecular formula is C13H16N2O3S. The number of para-hydroxylation sites is 1. The van der Waals surface area contributed by atoms with Gasteiger partial charge < -0.3 is 15.5 Å². The first-order valence-corrected chi connectivity index (χ1v) is 6.84. The van der Waals surface area contributed by atoms with Crippen molar-refractivity contribution in [3.8, 4) is 6.07 Å². The summed E-state index contributed by atoms with van der Waals surface area (Å²) >= 11 is 1.24. The van der Waals surface area contributed by atoms with Crippen molar-refractivity contribution in [2.75, 3.05) is 17.7 Å². The summed E-state index contributed by atoms with van der Waals surface area (Å²) in [6, 6.07) is 8.76. The summed E-state index contributed by atoms with van der Waals surface area (Å²) in [6.07, 6.45) is -0.827. The molecule has 0 saturated heterocycles. The number of benzene rings is 1. The maximum Gasteiger partial charge on any atom is 0.237 e. The fourth-order valence-corrected chi connectivity index (χ4v) is 2.13. The van der Waals surface area contributed by atoms with Gasteiger partial charge in [0.1, 0.15) is 6.07 Å². The van der Waals surface area contributed by atoms with E-state index >= 15 is 0 Å². The van der Waals surface area contributed by atoms with Gasteiger partial charge in [-0.05, 0) is 19.1 Å². The number of thioether (sulfide) groups is 1. The minimum absolute atomic E-state index is 0.238. The van der Waals surface area contributed by atoms with E-state index < -0.39 is 6.10 Å². The molecule has 0 aromatic heterocycles. The highest BCUT2D eigenvalue weighted by Gasteiger charge is 2.16. The highest BCUT2D eigenvalue weighted by Crippen LogP contribution is 2.17. The molecular weight excluding hydrogens is 264 g/mol. The molecule has 0 heterocycles. The average Bonchev–Trinajstić information content (AvgIpc) is 2.44. The molecule has 1 aromatic rings. The van der Waals surface area contributed by atoms with Crippen LogP contribution in [0.15, 0.2) is 24.3 Å². The second-order valence-corrected chi connectivity index (χ2v) is 5.33. The van der Waals surface area contributed by atoms with Gasteiger partial charge in [0.2, 0.25) is 5.91 Å².